The van der Waals surface area contributed by atoms with Crippen molar-refractivity contribution in [2.24, 2.45) is 10.7 Å². The highest BCUT2D eigenvalue weighted by Gasteiger charge is 2.29. The molecule has 0 saturated heterocycles. The number of nitrogens with zero attached hydrogens (tertiary/aromatic N) is 2. The van der Waals surface area contributed by atoms with Crippen molar-refractivity contribution in [2.75, 3.05) is 11.4 Å². The van der Waals surface area contributed by atoms with Crippen LogP contribution in [-0.4, -0.2) is 12.5 Å². The van der Waals surface area contributed by atoms with Crippen molar-refractivity contribution in [1.29, 1.82) is 0 Å². The maximum absolute atomic E-state index is 13.5. The van der Waals surface area contributed by atoms with Crippen LogP contribution < -0.4 is 10.6 Å². The fraction of sp³-hybridized carbons (Fsp3) is 0.188. The van der Waals surface area contributed by atoms with Crippen LogP contribution in [0.3, 0.4) is 0 Å². The quantitative estimate of drug-likeness (QED) is 0.920. The monoisotopic (exact) mass is 303 g/mol. The van der Waals surface area contributed by atoms with Crippen molar-refractivity contribution in [3.05, 3.63) is 64.4 Å². The summed E-state index contributed by atoms with van der Waals surface area (Å²) in [5.41, 5.74) is 8.50. The van der Waals surface area contributed by atoms with Crippen LogP contribution in [0.25, 0.3) is 0 Å². The molecule has 2 aromatic rings. The number of nitrogens with two attached hydrogens (primary N) is 1. The van der Waals surface area contributed by atoms with Crippen molar-refractivity contribution >= 4 is 23.2 Å². The molecular formula is C16H15ClFN3. The molecule has 0 aliphatic carbocycles. The van der Waals surface area contributed by atoms with Gasteiger partial charge in [0.2, 0.25) is 0 Å². The summed E-state index contributed by atoms with van der Waals surface area (Å²) in [4.78, 5) is 6.25. The van der Waals surface area contributed by atoms with Gasteiger partial charge in [0.25, 0.3) is 0 Å². The normalized spacial score (nSPS) is 18.0. The average Bonchev–Trinajstić information content (AvgIpc) is 2.84. The van der Waals surface area contributed by atoms with Crippen molar-refractivity contribution < 1.29 is 4.39 Å². The molecular weight excluding hydrogens is 289 g/mol. The largest absolute Gasteiger partial charge is 0.369 e. The van der Waals surface area contributed by atoms with E-state index < -0.39 is 0 Å². The third kappa shape index (κ3) is 2.59. The van der Waals surface area contributed by atoms with E-state index >= 15 is 0 Å². The standard InChI is InChI=1S/C16H15ClFN3/c1-10-7-11(5-6-14(10)18)15-9-20-16(19)21(15)13-4-2-3-12(17)8-13/h2-8,15H,9H2,1H3,(H2,19,20). The number of aryl methyl sites for hydroxylation is 1. The first-order valence-corrected chi connectivity index (χ1v) is 7.05. The third-order valence-electron chi connectivity index (χ3n) is 3.64. The predicted octanol–water partition coefficient (Wildman–Crippen LogP) is 3.66. The fourth-order valence-corrected chi connectivity index (χ4v) is 2.75. The van der Waals surface area contributed by atoms with Crippen LogP contribution in [0.1, 0.15) is 17.2 Å². The molecule has 0 amide bonds. The molecule has 2 N–H and O–H groups in total. The van der Waals surface area contributed by atoms with Crippen LogP contribution in [0.4, 0.5) is 10.1 Å². The minimum atomic E-state index is -0.208. The zero-order valence-electron chi connectivity index (χ0n) is 11.6. The molecule has 21 heavy (non-hydrogen) atoms. The number of benzene rings is 2. The van der Waals surface area contributed by atoms with Gasteiger partial charge in [-0.3, -0.25) is 4.99 Å². The molecule has 0 fully saturated rings. The van der Waals surface area contributed by atoms with Crippen molar-refractivity contribution in [3.8, 4) is 0 Å². The molecule has 3 nitrogen and oxygen atoms in total. The first-order chi connectivity index (χ1) is 10.1. The Hall–Kier alpha value is -2.07. The molecule has 0 spiro atoms. The molecule has 0 saturated carbocycles. The van der Waals surface area contributed by atoms with Gasteiger partial charge < -0.3 is 10.6 Å². The Morgan fingerprint density at radius 3 is 2.81 bits per heavy atom. The number of hydrogen-bond acceptors (Lipinski definition) is 3. The molecule has 108 valence electrons. The summed E-state index contributed by atoms with van der Waals surface area (Å²) in [5.74, 6) is 0.240. The van der Waals surface area contributed by atoms with Crippen LogP contribution in [0.15, 0.2) is 47.5 Å². The van der Waals surface area contributed by atoms with Crippen LogP contribution in [0.2, 0.25) is 5.02 Å². The first kappa shape index (κ1) is 13.9. The Kier molecular flexibility index (Phi) is 3.55. The summed E-state index contributed by atoms with van der Waals surface area (Å²) in [7, 11) is 0. The minimum Gasteiger partial charge on any atom is -0.369 e. The van der Waals surface area contributed by atoms with Gasteiger partial charge in [-0.05, 0) is 42.3 Å². The second kappa shape index (κ2) is 5.37. The molecule has 1 heterocycles. The molecule has 2 aromatic carbocycles. The summed E-state index contributed by atoms with van der Waals surface area (Å²) in [6.07, 6.45) is 0. The summed E-state index contributed by atoms with van der Waals surface area (Å²) in [6.45, 7) is 2.30. The highest BCUT2D eigenvalue weighted by Crippen LogP contribution is 2.32. The van der Waals surface area contributed by atoms with Gasteiger partial charge >= 0.3 is 0 Å². The third-order valence-corrected chi connectivity index (χ3v) is 3.87. The zero-order valence-corrected chi connectivity index (χ0v) is 12.3. The molecule has 1 atom stereocenters. The van der Waals surface area contributed by atoms with Gasteiger partial charge in [-0.1, -0.05) is 29.8 Å². The van der Waals surface area contributed by atoms with Crippen LogP contribution in [0, 0.1) is 12.7 Å². The summed E-state index contributed by atoms with van der Waals surface area (Å²) >= 11 is 6.05. The molecule has 3 rings (SSSR count). The van der Waals surface area contributed by atoms with Gasteiger partial charge in [0.15, 0.2) is 5.96 Å². The summed E-state index contributed by atoms with van der Waals surface area (Å²) < 4.78 is 13.5. The van der Waals surface area contributed by atoms with E-state index in [0.29, 0.717) is 23.1 Å². The lowest BCUT2D eigenvalue weighted by atomic mass is 10.0. The van der Waals surface area contributed by atoms with Gasteiger partial charge in [0.1, 0.15) is 5.82 Å². The maximum Gasteiger partial charge on any atom is 0.196 e. The van der Waals surface area contributed by atoms with Gasteiger partial charge in [0.05, 0.1) is 12.6 Å². The lowest BCUT2D eigenvalue weighted by Crippen LogP contribution is -2.36. The SMILES string of the molecule is Cc1cc(C2CN=C(N)N2c2cccc(Cl)c2)ccc1F. The zero-order chi connectivity index (χ0) is 15.0. The Morgan fingerprint density at radius 2 is 2.10 bits per heavy atom. The van der Waals surface area contributed by atoms with E-state index in [9.17, 15) is 4.39 Å². The number of aliphatic imine (C=N–C) groups is 1. The lowest BCUT2D eigenvalue weighted by molar-refractivity contribution is 0.616. The van der Waals surface area contributed by atoms with E-state index in [-0.39, 0.29) is 11.9 Å². The number of hydrogen-bond donors (Lipinski definition) is 1. The summed E-state index contributed by atoms with van der Waals surface area (Å²) in [5, 5.41) is 0.640. The molecule has 1 aliphatic heterocycles. The lowest BCUT2D eigenvalue weighted by Gasteiger charge is -2.27. The van der Waals surface area contributed by atoms with Gasteiger partial charge in [-0.15, -0.1) is 0 Å². The smallest absolute Gasteiger partial charge is 0.196 e. The Bertz CT molecular complexity index is 714. The highest BCUT2D eigenvalue weighted by molar-refractivity contribution is 6.30. The molecule has 1 unspecified atom stereocenters. The highest BCUT2D eigenvalue weighted by atomic mass is 35.5. The number of rotatable bonds is 2. The van der Waals surface area contributed by atoms with Crippen LogP contribution >= 0.6 is 11.6 Å². The molecule has 0 radical (unpaired) electrons. The number of halogens is 2. The Labute approximate surface area is 127 Å². The van der Waals surface area contributed by atoms with Crippen molar-refractivity contribution in [1.82, 2.24) is 0 Å². The van der Waals surface area contributed by atoms with Gasteiger partial charge in [-0.25, -0.2) is 4.39 Å². The van der Waals surface area contributed by atoms with Crippen LogP contribution in [-0.2, 0) is 0 Å². The van der Waals surface area contributed by atoms with Crippen molar-refractivity contribution in [2.45, 2.75) is 13.0 Å². The topological polar surface area (TPSA) is 41.6 Å². The van der Waals surface area contributed by atoms with Gasteiger partial charge in [-0.2, -0.15) is 0 Å². The number of anilines is 1. The Morgan fingerprint density at radius 1 is 1.29 bits per heavy atom. The fourth-order valence-electron chi connectivity index (χ4n) is 2.57. The molecule has 5 heteroatoms. The number of guanidine groups is 1. The minimum absolute atomic E-state index is 0.0391. The molecule has 1 aliphatic rings. The van der Waals surface area contributed by atoms with E-state index in [1.165, 1.54) is 6.07 Å². The maximum atomic E-state index is 13.5. The van der Waals surface area contributed by atoms with E-state index in [0.717, 1.165) is 11.3 Å². The van der Waals surface area contributed by atoms with E-state index in [4.69, 9.17) is 17.3 Å². The second-order valence-electron chi connectivity index (χ2n) is 5.07. The van der Waals surface area contributed by atoms with E-state index in [1.807, 2.05) is 35.2 Å². The average molecular weight is 304 g/mol. The van der Waals surface area contributed by atoms with E-state index in [2.05, 4.69) is 4.99 Å². The molecule has 0 bridgehead atoms. The van der Waals surface area contributed by atoms with Gasteiger partial charge in [0, 0.05) is 10.7 Å². The molecule has 0 aromatic heterocycles. The summed E-state index contributed by atoms with van der Waals surface area (Å²) in [6, 6.07) is 12.5. The second-order valence-corrected chi connectivity index (χ2v) is 5.51. The Balaban J connectivity index is 2.00. The van der Waals surface area contributed by atoms with Crippen LogP contribution in [0.5, 0.6) is 0 Å². The first-order valence-electron chi connectivity index (χ1n) is 6.67. The van der Waals surface area contributed by atoms with Crippen molar-refractivity contribution in [3.63, 3.8) is 0 Å². The predicted molar refractivity (Wildman–Crippen MR) is 84.3 cm³/mol. The van der Waals surface area contributed by atoms with E-state index in [1.54, 1.807) is 13.0 Å².